The van der Waals surface area contributed by atoms with E-state index in [4.69, 9.17) is 10.5 Å². The quantitative estimate of drug-likeness (QED) is 0.404. The van der Waals surface area contributed by atoms with Gasteiger partial charge in [0.25, 0.3) is 0 Å². The lowest BCUT2D eigenvalue weighted by molar-refractivity contribution is 0.0999. The first kappa shape index (κ1) is 22.0. The number of aromatic nitrogens is 2. The maximum atomic E-state index is 13.5. The van der Waals surface area contributed by atoms with Gasteiger partial charge >= 0.3 is 0 Å². The van der Waals surface area contributed by atoms with Crippen molar-refractivity contribution < 1.29 is 13.9 Å². The van der Waals surface area contributed by atoms with Gasteiger partial charge in [-0.25, -0.2) is 14.4 Å². The molecule has 3 N–H and O–H groups in total. The van der Waals surface area contributed by atoms with Gasteiger partial charge in [0, 0.05) is 29.2 Å². The summed E-state index contributed by atoms with van der Waals surface area (Å²) < 4.78 is 18.8. The Morgan fingerprint density at radius 1 is 0.970 bits per heavy atom. The lowest BCUT2D eigenvalue weighted by Gasteiger charge is -2.15. The molecular formula is C26H23FN4O2. The maximum absolute atomic E-state index is 13.5. The highest BCUT2D eigenvalue weighted by molar-refractivity contribution is 5.96. The number of nitrogens with one attached hydrogen (secondary N) is 1. The summed E-state index contributed by atoms with van der Waals surface area (Å²) >= 11 is 0. The smallest absolute Gasteiger partial charge is 0.249 e. The van der Waals surface area contributed by atoms with Crippen LogP contribution in [0.2, 0.25) is 0 Å². The lowest BCUT2D eigenvalue weighted by Crippen LogP contribution is -2.15. The molecule has 7 heteroatoms. The van der Waals surface area contributed by atoms with Gasteiger partial charge < -0.3 is 15.8 Å². The molecule has 0 aliphatic carbocycles. The summed E-state index contributed by atoms with van der Waals surface area (Å²) in [5, 5.41) is 3.19. The molecule has 3 aromatic carbocycles. The van der Waals surface area contributed by atoms with E-state index < -0.39 is 5.91 Å². The molecule has 0 fully saturated rings. The molecular weight excluding hydrogens is 419 g/mol. The number of nitrogens with zero attached hydrogens (tertiary/aromatic N) is 2. The van der Waals surface area contributed by atoms with E-state index >= 15 is 0 Å². The van der Waals surface area contributed by atoms with Crippen LogP contribution < -0.4 is 15.8 Å². The van der Waals surface area contributed by atoms with Gasteiger partial charge in [-0.2, -0.15) is 0 Å². The Bertz CT molecular complexity index is 1280. The summed E-state index contributed by atoms with van der Waals surface area (Å²) in [4.78, 5) is 20.8. The predicted molar refractivity (Wildman–Crippen MR) is 126 cm³/mol. The van der Waals surface area contributed by atoms with E-state index in [1.807, 2.05) is 30.3 Å². The largest absolute Gasteiger partial charge is 0.497 e. The van der Waals surface area contributed by atoms with Gasteiger partial charge in [-0.1, -0.05) is 30.3 Å². The van der Waals surface area contributed by atoms with Gasteiger partial charge in [0.1, 0.15) is 11.6 Å². The van der Waals surface area contributed by atoms with Crippen molar-refractivity contribution in [3.8, 4) is 16.9 Å². The van der Waals surface area contributed by atoms with Gasteiger partial charge in [-0.05, 0) is 65.9 Å². The van der Waals surface area contributed by atoms with E-state index in [1.165, 1.54) is 12.1 Å². The van der Waals surface area contributed by atoms with Crippen molar-refractivity contribution in [3.05, 3.63) is 102 Å². The fourth-order valence-corrected chi connectivity index (χ4v) is 3.63. The Kier molecular flexibility index (Phi) is 6.59. The van der Waals surface area contributed by atoms with Gasteiger partial charge in [0.15, 0.2) is 0 Å². The summed E-state index contributed by atoms with van der Waals surface area (Å²) in [6.07, 6.45) is 4.52. The van der Waals surface area contributed by atoms with Crippen molar-refractivity contribution in [1.82, 2.24) is 9.97 Å². The molecule has 0 spiro atoms. The molecule has 0 unspecified atom stereocenters. The van der Waals surface area contributed by atoms with Crippen LogP contribution in [0.1, 0.15) is 21.5 Å². The first-order chi connectivity index (χ1) is 16.0. The molecule has 1 heterocycles. The highest BCUT2D eigenvalue weighted by Crippen LogP contribution is 2.26. The number of primary amides is 1. The number of carbonyl (C=O) groups is 1. The molecule has 0 atom stereocenters. The van der Waals surface area contributed by atoms with E-state index in [0.717, 1.165) is 16.9 Å². The van der Waals surface area contributed by atoms with Crippen molar-refractivity contribution in [3.63, 3.8) is 0 Å². The molecule has 1 amide bonds. The summed E-state index contributed by atoms with van der Waals surface area (Å²) in [7, 11) is 1.63. The Labute approximate surface area is 191 Å². The van der Waals surface area contributed by atoms with Crippen LogP contribution in [0.15, 0.2) is 79.1 Å². The molecule has 4 rings (SSSR count). The normalized spacial score (nSPS) is 10.6. The zero-order chi connectivity index (χ0) is 23.2. The zero-order valence-corrected chi connectivity index (χ0v) is 18.1. The Morgan fingerprint density at radius 3 is 2.45 bits per heavy atom. The minimum absolute atomic E-state index is 0.321. The van der Waals surface area contributed by atoms with Crippen LogP contribution in [-0.4, -0.2) is 23.0 Å². The number of aryl methyl sites for hydroxylation is 1. The number of carbonyl (C=O) groups excluding carboxylic acids is 1. The fraction of sp³-hybridized carbons (Fsp3) is 0.115. The molecule has 0 aliphatic heterocycles. The molecule has 0 radical (unpaired) electrons. The molecule has 166 valence electrons. The molecule has 0 saturated heterocycles. The fourth-order valence-electron chi connectivity index (χ4n) is 3.63. The van der Waals surface area contributed by atoms with Crippen LogP contribution in [0.3, 0.4) is 0 Å². The van der Waals surface area contributed by atoms with E-state index in [1.54, 1.807) is 43.8 Å². The number of hydrogen-bond donors (Lipinski definition) is 2. The molecule has 4 aromatic rings. The van der Waals surface area contributed by atoms with E-state index in [2.05, 4.69) is 15.3 Å². The standard InChI is InChI=1S/C26H23FN4O2/c1-33-21-8-2-5-17(13-21)11-12-22-23(25(28)32)9-4-10-24(22)31-26-29-15-19(16-30-26)18-6-3-7-20(27)14-18/h2-10,13-16H,11-12H2,1H3,(H2,28,32)(H,29,30,31). The van der Waals surface area contributed by atoms with Gasteiger partial charge in [-0.3, -0.25) is 4.79 Å². The number of benzene rings is 3. The second-order valence-corrected chi connectivity index (χ2v) is 7.48. The van der Waals surface area contributed by atoms with Gasteiger partial charge in [0.05, 0.1) is 7.11 Å². The van der Waals surface area contributed by atoms with E-state index in [0.29, 0.717) is 41.2 Å². The van der Waals surface area contributed by atoms with Crippen molar-refractivity contribution in [2.45, 2.75) is 12.8 Å². The van der Waals surface area contributed by atoms with Crippen LogP contribution >= 0.6 is 0 Å². The minimum atomic E-state index is -0.498. The predicted octanol–water partition coefficient (Wildman–Crippen LogP) is 4.92. The average Bonchev–Trinajstić information content (AvgIpc) is 2.83. The molecule has 0 aliphatic rings. The third kappa shape index (κ3) is 5.33. The van der Waals surface area contributed by atoms with Crippen LogP contribution in [0.5, 0.6) is 5.75 Å². The zero-order valence-electron chi connectivity index (χ0n) is 18.1. The summed E-state index contributed by atoms with van der Waals surface area (Å²) in [5.41, 5.74) is 10.0. The number of ether oxygens (including phenoxy) is 1. The Balaban J connectivity index is 1.58. The Morgan fingerprint density at radius 2 is 1.73 bits per heavy atom. The van der Waals surface area contributed by atoms with Crippen LogP contribution in [0, 0.1) is 5.82 Å². The SMILES string of the molecule is COc1cccc(CCc2c(Nc3ncc(-c4cccc(F)c4)cn3)cccc2C(N)=O)c1. The Hall–Kier alpha value is -4.26. The number of halogens is 1. The monoisotopic (exact) mass is 442 g/mol. The third-order valence-corrected chi connectivity index (χ3v) is 5.30. The van der Waals surface area contributed by atoms with Crippen molar-refractivity contribution >= 4 is 17.5 Å². The first-order valence-corrected chi connectivity index (χ1v) is 10.4. The van der Waals surface area contributed by atoms with Crippen molar-refractivity contribution in [2.75, 3.05) is 12.4 Å². The topological polar surface area (TPSA) is 90.1 Å². The molecule has 0 saturated carbocycles. The molecule has 0 bridgehead atoms. The number of methoxy groups -OCH3 is 1. The number of amides is 1. The second-order valence-electron chi connectivity index (χ2n) is 7.48. The molecule has 1 aromatic heterocycles. The summed E-state index contributed by atoms with van der Waals surface area (Å²) in [5.74, 6) is 0.320. The van der Waals surface area contributed by atoms with Crippen molar-refractivity contribution in [2.24, 2.45) is 5.73 Å². The van der Waals surface area contributed by atoms with Crippen molar-refractivity contribution in [1.29, 1.82) is 0 Å². The van der Waals surface area contributed by atoms with E-state index in [-0.39, 0.29) is 5.82 Å². The average molecular weight is 442 g/mol. The third-order valence-electron chi connectivity index (χ3n) is 5.30. The van der Waals surface area contributed by atoms with Gasteiger partial charge in [-0.15, -0.1) is 0 Å². The number of hydrogen-bond acceptors (Lipinski definition) is 5. The number of rotatable bonds is 8. The minimum Gasteiger partial charge on any atom is -0.497 e. The summed E-state index contributed by atoms with van der Waals surface area (Å²) in [6, 6.07) is 19.4. The van der Waals surface area contributed by atoms with Crippen LogP contribution in [0.4, 0.5) is 16.0 Å². The number of anilines is 2. The highest BCUT2D eigenvalue weighted by atomic mass is 19.1. The second kappa shape index (κ2) is 9.91. The number of nitrogens with two attached hydrogens (primary N) is 1. The molecule has 6 nitrogen and oxygen atoms in total. The van der Waals surface area contributed by atoms with Gasteiger partial charge in [0.2, 0.25) is 11.9 Å². The summed E-state index contributed by atoms with van der Waals surface area (Å²) in [6.45, 7) is 0. The highest BCUT2D eigenvalue weighted by Gasteiger charge is 2.14. The first-order valence-electron chi connectivity index (χ1n) is 10.4. The van der Waals surface area contributed by atoms with Crippen LogP contribution in [-0.2, 0) is 12.8 Å². The lowest BCUT2D eigenvalue weighted by atomic mass is 9.97. The molecule has 33 heavy (non-hydrogen) atoms. The van der Waals surface area contributed by atoms with E-state index in [9.17, 15) is 9.18 Å². The van der Waals surface area contributed by atoms with Crippen LogP contribution in [0.25, 0.3) is 11.1 Å². The maximum Gasteiger partial charge on any atom is 0.249 e.